The van der Waals surface area contributed by atoms with Crippen LogP contribution in [-0.4, -0.2) is 20.1 Å². The smallest absolute Gasteiger partial charge is 0.250 e. The van der Waals surface area contributed by atoms with E-state index < -0.39 is 5.54 Å². The average molecular weight is 344 g/mol. The van der Waals surface area contributed by atoms with Crippen LogP contribution in [0, 0.1) is 0 Å². The van der Waals surface area contributed by atoms with Gasteiger partial charge >= 0.3 is 0 Å². The number of para-hydroxylation sites is 2. The predicted molar refractivity (Wildman–Crippen MR) is 94.3 cm³/mol. The highest BCUT2D eigenvalue weighted by molar-refractivity contribution is 5.85. The highest BCUT2D eigenvalue weighted by Crippen LogP contribution is 2.34. The van der Waals surface area contributed by atoms with Crippen molar-refractivity contribution in [1.29, 1.82) is 0 Å². The van der Waals surface area contributed by atoms with E-state index in [2.05, 4.69) is 20.1 Å². The summed E-state index contributed by atoms with van der Waals surface area (Å²) in [5, 5.41) is 4.03. The van der Waals surface area contributed by atoms with Gasteiger partial charge in [-0.25, -0.2) is 4.98 Å². The molecule has 0 aliphatic heterocycles. The summed E-state index contributed by atoms with van der Waals surface area (Å²) in [5.41, 5.74) is 8.37. The molecule has 0 radical (unpaired) electrons. The summed E-state index contributed by atoms with van der Waals surface area (Å²) in [6.45, 7) is 0. The molecule has 0 amide bonds. The molecule has 0 atom stereocenters. The third kappa shape index (κ3) is 3.16. The van der Waals surface area contributed by atoms with E-state index in [1.165, 1.54) is 0 Å². The Kier molecular flexibility index (Phi) is 4.59. The largest absolute Gasteiger partial charge is 0.335 e. The molecule has 0 bridgehead atoms. The third-order valence-electron chi connectivity index (χ3n) is 4.25. The Labute approximate surface area is 145 Å². The molecule has 1 aliphatic rings. The van der Waals surface area contributed by atoms with Crippen molar-refractivity contribution in [1.82, 2.24) is 20.1 Å². The highest BCUT2D eigenvalue weighted by atomic mass is 35.5. The molecule has 1 saturated carbocycles. The second-order valence-corrected chi connectivity index (χ2v) is 5.94. The zero-order valence-electron chi connectivity index (χ0n) is 13.1. The molecule has 4 rings (SSSR count). The molecular weight excluding hydrogens is 326 g/mol. The fraction of sp³-hybridized carbons (Fsp3) is 0.294. The first-order valence-electron chi connectivity index (χ1n) is 7.76. The SMILES string of the molecule is Cl.NC1(c2noc(/C=C/c3cnc4ccccc4n3)n2)CCCC1. The standard InChI is InChI=1S/C17H17N5O.ClH/c18-17(9-3-4-10-17)16-21-15(23-22-16)8-7-12-11-19-13-5-1-2-6-14(13)20-12;/h1-2,5-8,11H,3-4,9-10,18H2;1H/b8-7+;. The number of nitrogens with zero attached hydrogens (tertiary/aromatic N) is 4. The van der Waals surface area contributed by atoms with E-state index in [0.29, 0.717) is 11.7 Å². The number of fused-ring (bicyclic) bond motifs is 1. The quantitative estimate of drug-likeness (QED) is 0.784. The van der Waals surface area contributed by atoms with Gasteiger partial charge in [0, 0.05) is 6.08 Å². The summed E-state index contributed by atoms with van der Waals surface area (Å²) in [6, 6.07) is 7.75. The van der Waals surface area contributed by atoms with Gasteiger partial charge in [-0.2, -0.15) is 4.98 Å². The molecule has 7 heteroatoms. The van der Waals surface area contributed by atoms with Crippen molar-refractivity contribution in [2.45, 2.75) is 31.2 Å². The van der Waals surface area contributed by atoms with Crippen LogP contribution < -0.4 is 5.73 Å². The Hall–Kier alpha value is -2.31. The molecule has 2 heterocycles. The fourth-order valence-corrected chi connectivity index (χ4v) is 2.94. The van der Waals surface area contributed by atoms with Gasteiger partial charge < -0.3 is 10.3 Å². The van der Waals surface area contributed by atoms with Crippen LogP contribution in [0.4, 0.5) is 0 Å². The molecular formula is C17H18ClN5O. The number of benzene rings is 1. The predicted octanol–water partition coefficient (Wildman–Crippen LogP) is 3.33. The van der Waals surface area contributed by atoms with E-state index in [1.54, 1.807) is 12.3 Å². The summed E-state index contributed by atoms with van der Waals surface area (Å²) >= 11 is 0. The van der Waals surface area contributed by atoms with Crippen molar-refractivity contribution in [3.63, 3.8) is 0 Å². The van der Waals surface area contributed by atoms with Crippen molar-refractivity contribution in [2.24, 2.45) is 5.73 Å². The second-order valence-electron chi connectivity index (χ2n) is 5.94. The molecule has 2 aromatic heterocycles. The van der Waals surface area contributed by atoms with E-state index in [-0.39, 0.29) is 12.4 Å². The molecule has 0 unspecified atom stereocenters. The molecule has 3 aromatic rings. The minimum absolute atomic E-state index is 0. The molecule has 0 saturated heterocycles. The number of hydrogen-bond donors (Lipinski definition) is 1. The van der Waals surface area contributed by atoms with Crippen molar-refractivity contribution in [3.8, 4) is 0 Å². The normalized spacial score (nSPS) is 16.5. The van der Waals surface area contributed by atoms with Gasteiger partial charge in [0.15, 0.2) is 5.82 Å². The van der Waals surface area contributed by atoms with Crippen LogP contribution in [0.5, 0.6) is 0 Å². The minimum atomic E-state index is -0.432. The van der Waals surface area contributed by atoms with Crippen molar-refractivity contribution < 1.29 is 4.52 Å². The molecule has 24 heavy (non-hydrogen) atoms. The van der Waals surface area contributed by atoms with Crippen LogP contribution in [0.1, 0.15) is 43.1 Å². The van der Waals surface area contributed by atoms with E-state index >= 15 is 0 Å². The Morgan fingerprint density at radius 1 is 1.04 bits per heavy atom. The van der Waals surface area contributed by atoms with Crippen LogP contribution in [0.15, 0.2) is 35.0 Å². The molecule has 6 nitrogen and oxygen atoms in total. The highest BCUT2D eigenvalue weighted by Gasteiger charge is 2.35. The van der Waals surface area contributed by atoms with E-state index in [1.807, 2.05) is 30.3 Å². The molecule has 2 N–H and O–H groups in total. The van der Waals surface area contributed by atoms with E-state index in [9.17, 15) is 0 Å². The lowest BCUT2D eigenvalue weighted by atomic mass is 9.99. The lowest BCUT2D eigenvalue weighted by molar-refractivity contribution is 0.364. The maximum atomic E-state index is 6.33. The van der Waals surface area contributed by atoms with Crippen molar-refractivity contribution in [2.75, 3.05) is 0 Å². The van der Waals surface area contributed by atoms with Crippen LogP contribution in [0.2, 0.25) is 0 Å². The first-order valence-corrected chi connectivity index (χ1v) is 7.76. The Bertz CT molecular complexity index is 870. The molecule has 1 aromatic carbocycles. The van der Waals surface area contributed by atoms with Gasteiger partial charge in [-0.05, 0) is 31.1 Å². The fourth-order valence-electron chi connectivity index (χ4n) is 2.94. The van der Waals surface area contributed by atoms with Gasteiger partial charge in [0.1, 0.15) is 0 Å². The maximum Gasteiger partial charge on any atom is 0.250 e. The monoisotopic (exact) mass is 343 g/mol. The first kappa shape index (κ1) is 16.5. The number of aromatic nitrogens is 4. The van der Waals surface area contributed by atoms with Gasteiger partial charge in [0.2, 0.25) is 0 Å². The van der Waals surface area contributed by atoms with Gasteiger partial charge in [0.05, 0.1) is 28.5 Å². The molecule has 1 fully saturated rings. The zero-order chi connectivity index (χ0) is 15.7. The Morgan fingerprint density at radius 2 is 1.79 bits per heavy atom. The van der Waals surface area contributed by atoms with Crippen molar-refractivity contribution >= 4 is 35.6 Å². The minimum Gasteiger partial charge on any atom is -0.335 e. The summed E-state index contributed by atoms with van der Waals surface area (Å²) in [7, 11) is 0. The average Bonchev–Trinajstić information content (AvgIpc) is 3.23. The summed E-state index contributed by atoms with van der Waals surface area (Å²) in [6.07, 6.45) is 9.32. The van der Waals surface area contributed by atoms with Gasteiger partial charge in [-0.3, -0.25) is 4.98 Å². The molecule has 1 aliphatic carbocycles. The molecule has 124 valence electrons. The first-order chi connectivity index (χ1) is 11.2. The second kappa shape index (κ2) is 6.67. The van der Waals surface area contributed by atoms with Gasteiger partial charge in [-0.1, -0.05) is 30.1 Å². The summed E-state index contributed by atoms with van der Waals surface area (Å²) < 4.78 is 5.28. The number of halogens is 1. The number of hydrogen-bond acceptors (Lipinski definition) is 6. The van der Waals surface area contributed by atoms with E-state index in [0.717, 1.165) is 42.4 Å². The topological polar surface area (TPSA) is 90.7 Å². The van der Waals surface area contributed by atoms with Crippen LogP contribution in [0.25, 0.3) is 23.2 Å². The zero-order valence-corrected chi connectivity index (χ0v) is 13.9. The molecule has 0 spiro atoms. The summed E-state index contributed by atoms with van der Waals surface area (Å²) in [5.74, 6) is 1.03. The lowest BCUT2D eigenvalue weighted by Crippen LogP contribution is -2.34. The number of rotatable bonds is 3. The number of nitrogens with two attached hydrogens (primary N) is 1. The Morgan fingerprint density at radius 3 is 2.58 bits per heavy atom. The Balaban J connectivity index is 0.00000169. The van der Waals surface area contributed by atoms with Crippen LogP contribution in [-0.2, 0) is 5.54 Å². The van der Waals surface area contributed by atoms with Crippen LogP contribution in [0.3, 0.4) is 0 Å². The maximum absolute atomic E-state index is 6.33. The van der Waals surface area contributed by atoms with Gasteiger partial charge in [-0.15, -0.1) is 12.4 Å². The van der Waals surface area contributed by atoms with Gasteiger partial charge in [0.25, 0.3) is 5.89 Å². The summed E-state index contributed by atoms with van der Waals surface area (Å²) in [4.78, 5) is 13.3. The third-order valence-corrected chi connectivity index (χ3v) is 4.25. The van der Waals surface area contributed by atoms with Crippen molar-refractivity contribution in [3.05, 3.63) is 47.9 Å². The van der Waals surface area contributed by atoms with E-state index in [4.69, 9.17) is 10.3 Å². The lowest BCUT2D eigenvalue weighted by Gasteiger charge is -2.17. The van der Waals surface area contributed by atoms with Crippen LogP contribution >= 0.6 is 12.4 Å².